The predicted octanol–water partition coefficient (Wildman–Crippen LogP) is 5.66. The number of carbonyl (C=O) groups excluding carboxylic acids is 2. The molecule has 1 aliphatic carbocycles. The second-order valence-electron chi connectivity index (χ2n) is 11.2. The Balaban J connectivity index is 1.24. The Morgan fingerprint density at radius 3 is 2.50 bits per heavy atom. The number of benzene rings is 2. The van der Waals surface area contributed by atoms with Crippen molar-refractivity contribution in [3.8, 4) is 11.6 Å². The highest BCUT2D eigenvalue weighted by Crippen LogP contribution is 2.34. The van der Waals surface area contributed by atoms with Gasteiger partial charge in [-0.15, -0.1) is 0 Å². The lowest BCUT2D eigenvalue weighted by molar-refractivity contribution is -0.136. The summed E-state index contributed by atoms with van der Waals surface area (Å²) in [5, 5.41) is 7.06. The second kappa shape index (κ2) is 15.6. The molecule has 1 saturated carbocycles. The van der Waals surface area contributed by atoms with Crippen molar-refractivity contribution in [3.05, 3.63) is 80.4 Å². The molecule has 0 unspecified atom stereocenters. The predicted molar refractivity (Wildman–Crippen MR) is 173 cm³/mol. The summed E-state index contributed by atoms with van der Waals surface area (Å²) in [6, 6.07) is 11.3. The number of aromatic nitrogens is 1. The molecule has 1 saturated heterocycles. The maximum atomic E-state index is 14.1. The van der Waals surface area contributed by atoms with Gasteiger partial charge in [0.15, 0.2) is 5.75 Å². The first-order chi connectivity index (χ1) is 22.1. The molecular formula is C32H34Cl3F2N5O4. The van der Waals surface area contributed by atoms with Crippen molar-refractivity contribution in [2.45, 2.75) is 51.4 Å². The highest BCUT2D eigenvalue weighted by molar-refractivity contribution is 6.37. The molecule has 0 bridgehead atoms. The molecule has 9 nitrogen and oxygen atoms in total. The zero-order valence-corrected chi connectivity index (χ0v) is 27.3. The summed E-state index contributed by atoms with van der Waals surface area (Å²) in [6.45, 7) is 2.63. The van der Waals surface area contributed by atoms with Gasteiger partial charge in [-0.25, -0.2) is 13.8 Å². The van der Waals surface area contributed by atoms with Crippen molar-refractivity contribution >= 4 is 52.3 Å². The molecular weight excluding hydrogens is 663 g/mol. The number of hydrogen-bond donors (Lipinski definition) is 2. The zero-order valence-electron chi connectivity index (χ0n) is 25.1. The Hall–Kier alpha value is -3.22. The molecule has 2 N–H and O–H groups in total. The summed E-state index contributed by atoms with van der Waals surface area (Å²) in [7, 11) is 0. The molecule has 2 heterocycles. The number of anilines is 1. The van der Waals surface area contributed by atoms with Crippen LogP contribution in [0.25, 0.3) is 0 Å². The smallest absolute Gasteiger partial charge is 0.250 e. The summed E-state index contributed by atoms with van der Waals surface area (Å²) in [4.78, 5) is 34.8. The zero-order chi connectivity index (χ0) is 32.8. The molecule has 1 aliphatic heterocycles. The standard InChI is InChI=1S/C32H34Cl3F2N5O4/c1-19-10-25(34)31(26(35)11-19)46-9-8-45-29-7-5-23(14-40-29)42-27(15-39-17-30(42)43)32(44)41(22-3-4-22)18-21-12-20(2-6-24(21)33)13-38-16-28(36)37/h2,5-7,10-12,14,22,27-28,38-39H,3-4,8-9,13,15-18H2,1H3/t27-/m1/s1. The number of hydrogen-bond acceptors (Lipinski definition) is 7. The van der Waals surface area contributed by atoms with Gasteiger partial charge in [-0.05, 0) is 60.7 Å². The van der Waals surface area contributed by atoms with Gasteiger partial charge >= 0.3 is 0 Å². The average molecular weight is 697 g/mol. The first kappa shape index (κ1) is 34.1. The molecule has 0 radical (unpaired) electrons. The van der Waals surface area contributed by atoms with Crippen LogP contribution in [-0.2, 0) is 22.7 Å². The van der Waals surface area contributed by atoms with Crippen molar-refractivity contribution in [2.24, 2.45) is 0 Å². The van der Waals surface area contributed by atoms with Crippen LogP contribution >= 0.6 is 34.8 Å². The number of pyridine rings is 1. The quantitative estimate of drug-likeness (QED) is 0.210. The van der Waals surface area contributed by atoms with Crippen LogP contribution in [0, 0.1) is 6.92 Å². The Morgan fingerprint density at radius 1 is 1.09 bits per heavy atom. The van der Waals surface area contributed by atoms with Crippen molar-refractivity contribution < 1.29 is 27.8 Å². The number of aryl methyl sites for hydroxylation is 1. The van der Waals surface area contributed by atoms with E-state index < -0.39 is 19.0 Å². The van der Waals surface area contributed by atoms with Gasteiger partial charge in [-0.1, -0.05) is 46.9 Å². The van der Waals surface area contributed by atoms with Gasteiger partial charge in [0, 0.05) is 36.8 Å². The normalized spacial score (nSPS) is 16.5. The number of ether oxygens (including phenoxy) is 2. The molecule has 246 valence electrons. The fourth-order valence-corrected chi connectivity index (χ4v) is 6.12. The number of carbonyl (C=O) groups is 2. The van der Waals surface area contributed by atoms with E-state index in [0.29, 0.717) is 37.9 Å². The summed E-state index contributed by atoms with van der Waals surface area (Å²) in [6.07, 6.45) is 0.730. The largest absolute Gasteiger partial charge is 0.487 e. The van der Waals surface area contributed by atoms with Gasteiger partial charge in [0.2, 0.25) is 17.7 Å². The third-order valence-corrected chi connectivity index (χ3v) is 8.48. The van der Waals surface area contributed by atoms with Crippen LogP contribution in [-0.4, -0.2) is 73.1 Å². The Morgan fingerprint density at radius 2 is 1.83 bits per heavy atom. The summed E-state index contributed by atoms with van der Waals surface area (Å²) in [5.41, 5.74) is 2.87. The van der Waals surface area contributed by atoms with Crippen LogP contribution < -0.4 is 25.0 Å². The van der Waals surface area contributed by atoms with E-state index >= 15 is 0 Å². The topological polar surface area (TPSA) is 96.0 Å². The van der Waals surface area contributed by atoms with Gasteiger partial charge in [0.25, 0.3) is 6.43 Å². The fraction of sp³-hybridized carbons (Fsp3) is 0.406. The SMILES string of the molecule is Cc1cc(Cl)c(OCCOc2ccc(N3C(=O)CNC[C@@H]3C(=O)N(Cc3cc(CNCC(F)F)ccc3Cl)C3CC3)cn2)c(Cl)c1. The Bertz CT molecular complexity index is 1520. The molecule has 14 heteroatoms. The Kier molecular flexibility index (Phi) is 11.6. The van der Waals surface area contributed by atoms with Crippen LogP contribution in [0.2, 0.25) is 15.1 Å². The van der Waals surface area contributed by atoms with Crippen LogP contribution in [0.15, 0.2) is 48.7 Å². The van der Waals surface area contributed by atoms with Crippen LogP contribution in [0.1, 0.15) is 29.5 Å². The van der Waals surface area contributed by atoms with Gasteiger partial charge in [-0.2, -0.15) is 0 Å². The number of nitrogens with one attached hydrogen (secondary N) is 2. The maximum absolute atomic E-state index is 14.1. The van der Waals surface area contributed by atoms with Crippen LogP contribution in [0.4, 0.5) is 14.5 Å². The first-order valence-electron chi connectivity index (χ1n) is 14.9. The van der Waals surface area contributed by atoms with E-state index in [-0.39, 0.29) is 57.2 Å². The molecule has 3 aromatic rings. The second-order valence-corrected chi connectivity index (χ2v) is 12.4. The minimum Gasteiger partial charge on any atom is -0.487 e. The van der Waals surface area contributed by atoms with E-state index in [9.17, 15) is 18.4 Å². The number of piperazine rings is 1. The first-order valence-corrected chi connectivity index (χ1v) is 16.0. The van der Waals surface area contributed by atoms with E-state index in [0.717, 1.165) is 24.0 Å². The van der Waals surface area contributed by atoms with E-state index in [1.165, 1.54) is 11.1 Å². The van der Waals surface area contributed by atoms with Crippen molar-refractivity contribution in [3.63, 3.8) is 0 Å². The number of halogens is 5. The average Bonchev–Trinajstić information content (AvgIpc) is 3.86. The molecule has 2 aromatic carbocycles. The number of rotatable bonds is 14. The lowest BCUT2D eigenvalue weighted by Crippen LogP contribution is -2.61. The molecule has 1 atom stereocenters. The van der Waals surface area contributed by atoms with E-state index in [4.69, 9.17) is 44.3 Å². The van der Waals surface area contributed by atoms with Gasteiger partial charge in [-0.3, -0.25) is 14.5 Å². The highest BCUT2D eigenvalue weighted by atomic mass is 35.5. The summed E-state index contributed by atoms with van der Waals surface area (Å²) in [5.74, 6) is 0.217. The monoisotopic (exact) mass is 695 g/mol. The van der Waals surface area contributed by atoms with Gasteiger partial charge < -0.3 is 25.0 Å². The van der Waals surface area contributed by atoms with E-state index in [2.05, 4.69) is 15.6 Å². The molecule has 2 amide bonds. The van der Waals surface area contributed by atoms with Crippen LogP contribution in [0.3, 0.4) is 0 Å². The lowest BCUT2D eigenvalue weighted by Gasteiger charge is -2.38. The minimum absolute atomic E-state index is 0.0175. The maximum Gasteiger partial charge on any atom is 0.250 e. The molecule has 1 aromatic heterocycles. The molecule has 46 heavy (non-hydrogen) atoms. The number of amides is 2. The third kappa shape index (κ3) is 8.77. The third-order valence-electron chi connectivity index (χ3n) is 7.55. The van der Waals surface area contributed by atoms with Gasteiger partial charge in [0.05, 0.1) is 35.0 Å². The van der Waals surface area contributed by atoms with E-state index in [1.54, 1.807) is 41.3 Å². The Labute approximate surface area is 281 Å². The van der Waals surface area contributed by atoms with Gasteiger partial charge in [0.1, 0.15) is 19.3 Å². The van der Waals surface area contributed by atoms with Crippen molar-refractivity contribution in [2.75, 3.05) is 37.7 Å². The highest BCUT2D eigenvalue weighted by Gasteiger charge is 2.41. The van der Waals surface area contributed by atoms with Crippen molar-refractivity contribution in [1.29, 1.82) is 0 Å². The van der Waals surface area contributed by atoms with E-state index in [1.807, 2.05) is 13.0 Å². The summed E-state index contributed by atoms with van der Waals surface area (Å²) < 4.78 is 36.6. The lowest BCUT2D eigenvalue weighted by atomic mass is 10.1. The molecule has 5 rings (SSSR count). The molecule has 0 spiro atoms. The number of nitrogens with zero attached hydrogens (tertiary/aromatic N) is 3. The fourth-order valence-electron chi connectivity index (χ4n) is 5.24. The summed E-state index contributed by atoms with van der Waals surface area (Å²) >= 11 is 19.0. The molecule has 2 aliphatic rings. The van der Waals surface area contributed by atoms with Crippen LogP contribution in [0.5, 0.6) is 11.6 Å². The minimum atomic E-state index is -2.45. The number of alkyl halides is 2. The molecule has 2 fully saturated rings. The van der Waals surface area contributed by atoms with Crippen molar-refractivity contribution in [1.82, 2.24) is 20.5 Å².